The molecule has 0 saturated carbocycles. The molecular formula is C18H23NO2. The molecule has 21 heavy (non-hydrogen) atoms. The fourth-order valence-electron chi connectivity index (χ4n) is 2.82. The summed E-state index contributed by atoms with van der Waals surface area (Å²) in [6.45, 7) is 5.26. The van der Waals surface area contributed by atoms with Gasteiger partial charge in [0.2, 0.25) is 0 Å². The summed E-state index contributed by atoms with van der Waals surface area (Å²) in [5, 5.41) is 1.14. The van der Waals surface area contributed by atoms with E-state index in [0.29, 0.717) is 6.61 Å². The topological polar surface area (TPSA) is 25.6 Å². The van der Waals surface area contributed by atoms with Crippen molar-refractivity contribution in [2.75, 3.05) is 32.8 Å². The molecule has 0 radical (unpaired) electrons. The second kappa shape index (κ2) is 7.43. The Morgan fingerprint density at radius 3 is 3.00 bits per heavy atom. The predicted octanol–water partition coefficient (Wildman–Crippen LogP) is 3.95. The van der Waals surface area contributed by atoms with Gasteiger partial charge in [-0.2, -0.15) is 0 Å². The van der Waals surface area contributed by atoms with Crippen molar-refractivity contribution in [2.24, 2.45) is 0 Å². The lowest BCUT2D eigenvalue weighted by Gasteiger charge is -2.13. The van der Waals surface area contributed by atoms with Gasteiger partial charge >= 0.3 is 0 Å². The van der Waals surface area contributed by atoms with E-state index in [2.05, 4.69) is 29.2 Å². The zero-order chi connectivity index (χ0) is 14.3. The van der Waals surface area contributed by atoms with Crippen molar-refractivity contribution in [2.45, 2.75) is 19.3 Å². The highest BCUT2D eigenvalue weighted by Gasteiger charge is 2.09. The van der Waals surface area contributed by atoms with Gasteiger partial charge < -0.3 is 14.1 Å². The number of hydrogen-bond acceptors (Lipinski definition) is 3. The first-order valence-corrected chi connectivity index (χ1v) is 7.86. The summed E-state index contributed by atoms with van der Waals surface area (Å²) in [5.41, 5.74) is 2.12. The smallest absolute Gasteiger partial charge is 0.133 e. The molecule has 0 spiro atoms. The Bertz CT molecular complexity index is 582. The van der Waals surface area contributed by atoms with Crippen molar-refractivity contribution in [3.63, 3.8) is 0 Å². The lowest BCUT2D eigenvalue weighted by Crippen LogP contribution is -2.21. The van der Waals surface area contributed by atoms with E-state index in [9.17, 15) is 0 Å². The number of likely N-dealkylation sites (tertiary alicyclic amines) is 1. The van der Waals surface area contributed by atoms with Crippen LogP contribution in [0.25, 0.3) is 17.0 Å². The van der Waals surface area contributed by atoms with Crippen molar-refractivity contribution < 1.29 is 9.15 Å². The minimum Gasteiger partial charge on any atom is -0.464 e. The lowest BCUT2D eigenvalue weighted by atomic mass is 10.1. The zero-order valence-corrected chi connectivity index (χ0v) is 12.5. The molecule has 1 aliphatic rings. The summed E-state index contributed by atoms with van der Waals surface area (Å²) in [6, 6.07) is 8.19. The normalized spacial score (nSPS) is 16.4. The molecule has 0 unspecified atom stereocenters. The molecular weight excluding hydrogens is 262 g/mol. The van der Waals surface area contributed by atoms with Gasteiger partial charge in [-0.25, -0.2) is 0 Å². The quantitative estimate of drug-likeness (QED) is 0.720. The largest absolute Gasteiger partial charge is 0.464 e. The van der Waals surface area contributed by atoms with Crippen molar-refractivity contribution in [1.29, 1.82) is 0 Å². The highest BCUT2D eigenvalue weighted by Crippen LogP contribution is 2.17. The molecule has 3 rings (SSSR count). The third kappa shape index (κ3) is 4.19. The summed E-state index contributed by atoms with van der Waals surface area (Å²) >= 11 is 0. The fraction of sp³-hybridized carbons (Fsp3) is 0.444. The number of fused-ring (bicyclic) bond motifs is 1. The van der Waals surface area contributed by atoms with Crippen LogP contribution in [-0.2, 0) is 4.74 Å². The fourth-order valence-corrected chi connectivity index (χ4v) is 2.82. The molecule has 1 aromatic heterocycles. The highest BCUT2D eigenvalue weighted by molar-refractivity contribution is 5.79. The van der Waals surface area contributed by atoms with Crippen LogP contribution in [0.5, 0.6) is 0 Å². The number of benzene rings is 1. The summed E-state index contributed by atoms with van der Waals surface area (Å²) in [7, 11) is 0. The molecule has 1 saturated heterocycles. The Morgan fingerprint density at radius 2 is 2.10 bits per heavy atom. The van der Waals surface area contributed by atoms with Crippen molar-refractivity contribution in [1.82, 2.24) is 4.90 Å². The third-order valence-corrected chi connectivity index (χ3v) is 3.96. The van der Waals surface area contributed by atoms with Crippen LogP contribution in [-0.4, -0.2) is 37.7 Å². The Hall–Kier alpha value is -1.58. The summed E-state index contributed by atoms with van der Waals surface area (Å²) in [4.78, 5) is 2.53. The third-order valence-electron chi connectivity index (χ3n) is 3.96. The van der Waals surface area contributed by atoms with Gasteiger partial charge in [0.25, 0.3) is 0 Å². The minimum absolute atomic E-state index is 0.684. The standard InChI is InChI=1S/C18H23NO2/c1-2-10-19(9-1)11-4-13-20-12-3-5-16-6-7-18-17(15-16)8-14-21-18/h3,5-8,14-15H,1-2,4,9-13H2/b5-3+. The van der Waals surface area contributed by atoms with Crippen molar-refractivity contribution in [3.05, 3.63) is 42.2 Å². The van der Waals surface area contributed by atoms with Crippen molar-refractivity contribution >= 4 is 17.0 Å². The predicted molar refractivity (Wildman–Crippen MR) is 86.4 cm³/mol. The molecule has 3 heteroatoms. The summed E-state index contributed by atoms with van der Waals surface area (Å²) in [5.74, 6) is 0. The van der Waals surface area contributed by atoms with Gasteiger partial charge in [0.15, 0.2) is 0 Å². The van der Waals surface area contributed by atoms with Crippen LogP contribution in [0.1, 0.15) is 24.8 Å². The lowest BCUT2D eigenvalue weighted by molar-refractivity contribution is 0.149. The second-order valence-electron chi connectivity index (χ2n) is 5.60. The molecule has 0 atom stereocenters. The van der Waals surface area contributed by atoms with Gasteiger partial charge in [-0.05, 0) is 56.1 Å². The molecule has 1 aliphatic heterocycles. The maximum atomic E-state index is 5.66. The van der Waals surface area contributed by atoms with E-state index in [0.717, 1.165) is 24.0 Å². The van der Waals surface area contributed by atoms with E-state index >= 15 is 0 Å². The van der Waals surface area contributed by atoms with Gasteiger partial charge in [0.05, 0.1) is 12.9 Å². The van der Waals surface area contributed by atoms with Crippen LogP contribution in [0, 0.1) is 0 Å². The molecule has 2 heterocycles. The SMILES string of the molecule is C(=C\c1ccc2occc2c1)/COCCCN1CCCC1. The first-order valence-electron chi connectivity index (χ1n) is 7.86. The maximum Gasteiger partial charge on any atom is 0.133 e. The number of hydrogen-bond donors (Lipinski definition) is 0. The van der Waals surface area contributed by atoms with Gasteiger partial charge in [-0.15, -0.1) is 0 Å². The van der Waals surface area contributed by atoms with E-state index in [1.54, 1.807) is 6.26 Å². The van der Waals surface area contributed by atoms with E-state index in [-0.39, 0.29) is 0 Å². The van der Waals surface area contributed by atoms with Crippen LogP contribution >= 0.6 is 0 Å². The number of nitrogens with zero attached hydrogens (tertiary/aromatic N) is 1. The van der Waals surface area contributed by atoms with Gasteiger partial charge in [0, 0.05) is 18.5 Å². The van der Waals surface area contributed by atoms with Crippen LogP contribution in [0.2, 0.25) is 0 Å². The number of ether oxygens (including phenoxy) is 1. The van der Waals surface area contributed by atoms with Gasteiger partial charge in [-0.3, -0.25) is 0 Å². The van der Waals surface area contributed by atoms with Crippen LogP contribution < -0.4 is 0 Å². The molecule has 0 aliphatic carbocycles. The molecule has 2 aromatic rings. The van der Waals surface area contributed by atoms with Gasteiger partial charge in [0.1, 0.15) is 5.58 Å². The molecule has 112 valence electrons. The maximum absolute atomic E-state index is 5.66. The number of rotatable bonds is 7. The number of furan rings is 1. The molecule has 0 amide bonds. The average Bonchev–Trinajstić information content (AvgIpc) is 3.17. The van der Waals surface area contributed by atoms with E-state index < -0.39 is 0 Å². The first kappa shape index (κ1) is 14.4. The monoisotopic (exact) mass is 285 g/mol. The van der Waals surface area contributed by atoms with Gasteiger partial charge in [-0.1, -0.05) is 18.2 Å². The Balaban J connectivity index is 1.34. The Kier molecular flexibility index (Phi) is 5.08. The Labute approximate surface area is 126 Å². The molecule has 0 bridgehead atoms. The van der Waals surface area contributed by atoms with E-state index in [1.165, 1.54) is 38.0 Å². The zero-order valence-electron chi connectivity index (χ0n) is 12.5. The van der Waals surface area contributed by atoms with Crippen LogP contribution in [0.3, 0.4) is 0 Å². The van der Waals surface area contributed by atoms with Crippen LogP contribution in [0.4, 0.5) is 0 Å². The van der Waals surface area contributed by atoms with Crippen LogP contribution in [0.15, 0.2) is 41.0 Å². The summed E-state index contributed by atoms with van der Waals surface area (Å²) < 4.78 is 11.0. The highest BCUT2D eigenvalue weighted by atomic mass is 16.5. The summed E-state index contributed by atoms with van der Waals surface area (Å²) in [6.07, 6.45) is 9.77. The molecule has 1 fully saturated rings. The minimum atomic E-state index is 0.684. The molecule has 3 nitrogen and oxygen atoms in total. The Morgan fingerprint density at radius 1 is 1.19 bits per heavy atom. The van der Waals surface area contributed by atoms with E-state index in [4.69, 9.17) is 9.15 Å². The van der Waals surface area contributed by atoms with E-state index in [1.807, 2.05) is 12.1 Å². The van der Waals surface area contributed by atoms with Crippen molar-refractivity contribution in [3.8, 4) is 0 Å². The average molecular weight is 285 g/mol. The molecule has 1 aromatic carbocycles. The first-order chi connectivity index (χ1) is 10.4. The molecule has 0 N–H and O–H groups in total. The second-order valence-corrected chi connectivity index (χ2v) is 5.60.